The van der Waals surface area contributed by atoms with Crippen molar-refractivity contribution in [2.24, 2.45) is 7.05 Å². The topological polar surface area (TPSA) is 73.1 Å². The number of alkyl halides is 7. The molecule has 1 atom stereocenters. The Hall–Kier alpha value is -2.83. The van der Waals surface area contributed by atoms with Crippen LogP contribution in [0.3, 0.4) is 0 Å². The molecule has 0 fully saturated rings. The number of nitrogens with one attached hydrogen (secondary N) is 1. The minimum atomic E-state index is -5.17. The summed E-state index contributed by atoms with van der Waals surface area (Å²) in [7, 11) is 0.699. The van der Waals surface area contributed by atoms with E-state index in [2.05, 4.69) is 0 Å². The average molecular weight is 460 g/mol. The van der Waals surface area contributed by atoms with Gasteiger partial charge in [0.15, 0.2) is 0 Å². The number of hydrogen-bond acceptors (Lipinski definition) is 3. The van der Waals surface area contributed by atoms with Gasteiger partial charge >= 0.3 is 18.0 Å². The minimum Gasteiger partial charge on any atom is -0.324 e. The Bertz CT molecular complexity index is 1180. The highest BCUT2D eigenvalue weighted by molar-refractivity contribution is 6.38. The molecule has 3 rings (SSSR count). The molecular weight excluding hydrogens is 451 g/mol. The Labute approximate surface area is 166 Å². The van der Waals surface area contributed by atoms with Crippen LogP contribution in [-0.4, -0.2) is 26.1 Å². The monoisotopic (exact) mass is 459 g/mol. The van der Waals surface area contributed by atoms with E-state index >= 15 is 0 Å². The van der Waals surface area contributed by atoms with Crippen molar-refractivity contribution in [2.45, 2.75) is 23.6 Å². The molecule has 0 saturated carbocycles. The quantitative estimate of drug-likeness (QED) is 0.526. The third kappa shape index (κ3) is 3.26. The number of anilines is 1. The maximum absolute atomic E-state index is 14.6. The van der Waals surface area contributed by atoms with Crippen LogP contribution in [0.5, 0.6) is 0 Å². The van der Waals surface area contributed by atoms with Crippen LogP contribution < -0.4 is 16.6 Å². The van der Waals surface area contributed by atoms with Crippen LogP contribution >= 0.6 is 11.6 Å². The molecule has 0 spiro atoms. The third-order valence-electron chi connectivity index (χ3n) is 4.52. The summed E-state index contributed by atoms with van der Waals surface area (Å²) in [5.41, 5.74) is -6.31. The average Bonchev–Trinajstić information content (AvgIpc) is 2.58. The van der Waals surface area contributed by atoms with E-state index in [9.17, 15) is 45.1 Å². The zero-order chi connectivity index (χ0) is 22.8. The van der Waals surface area contributed by atoms with E-state index in [1.807, 2.05) is 5.32 Å². The number of carbonyl (C=O) groups excluding carboxylic acids is 1. The summed E-state index contributed by atoms with van der Waals surface area (Å²) in [6.07, 6.45) is -11.4. The third-order valence-corrected chi connectivity index (χ3v) is 5.04. The first-order valence-corrected chi connectivity index (χ1v) is 8.26. The van der Waals surface area contributed by atoms with Crippen molar-refractivity contribution in [3.05, 3.63) is 56.1 Å². The van der Waals surface area contributed by atoms with Gasteiger partial charge in [-0.15, -0.1) is 0 Å². The first-order valence-electron chi connectivity index (χ1n) is 7.88. The van der Waals surface area contributed by atoms with Crippen LogP contribution in [0.4, 0.5) is 36.4 Å². The molecule has 14 heteroatoms. The lowest BCUT2D eigenvalue weighted by Gasteiger charge is -2.33. The van der Waals surface area contributed by atoms with Crippen molar-refractivity contribution in [1.29, 1.82) is 0 Å². The van der Waals surface area contributed by atoms with Crippen LogP contribution in [0.1, 0.15) is 11.3 Å². The molecule has 1 N–H and O–H groups in total. The van der Waals surface area contributed by atoms with Crippen molar-refractivity contribution >= 4 is 23.2 Å². The van der Waals surface area contributed by atoms with Gasteiger partial charge in [-0.3, -0.25) is 14.2 Å². The Balaban J connectivity index is 2.21. The predicted molar refractivity (Wildman–Crippen MR) is 89.2 cm³/mol. The first-order chi connectivity index (χ1) is 13.6. The lowest BCUT2D eigenvalue weighted by Crippen LogP contribution is -2.54. The second kappa shape index (κ2) is 6.59. The maximum Gasteiger partial charge on any atom is 0.431 e. The molecule has 0 saturated heterocycles. The molecule has 1 unspecified atom stereocenters. The van der Waals surface area contributed by atoms with Crippen molar-refractivity contribution in [3.63, 3.8) is 0 Å². The van der Waals surface area contributed by atoms with Crippen LogP contribution in [0, 0.1) is 5.82 Å². The number of aromatic nitrogens is 2. The van der Waals surface area contributed by atoms with E-state index in [0.29, 0.717) is 19.2 Å². The number of rotatable bonds is 1. The summed E-state index contributed by atoms with van der Waals surface area (Å²) in [6.45, 7) is 0. The molecule has 0 aliphatic carbocycles. The number of halogens is 8. The number of hydrogen-bond donors (Lipinski definition) is 1. The van der Waals surface area contributed by atoms with E-state index in [4.69, 9.17) is 11.6 Å². The van der Waals surface area contributed by atoms with Crippen molar-refractivity contribution in [3.8, 4) is 5.69 Å². The van der Waals surface area contributed by atoms with Crippen LogP contribution in [0.15, 0.2) is 27.8 Å². The van der Waals surface area contributed by atoms with E-state index in [0.717, 1.165) is 0 Å². The standard InChI is InChI=1S/C16H9ClF7N3O3/c1-26-10(15(19,20)21)4-11(28)27(13(26)30)9-3-8-6(2-7(9)18)5-14(17,12(29)25-8)16(22,23)24/h2-4H,5H2,1H3,(H,25,29). The summed E-state index contributed by atoms with van der Waals surface area (Å²) in [6, 6.07) is 1.24. The SMILES string of the molecule is Cn1c(C(F)(F)F)cc(=O)n(-c2cc3c(cc2F)CC(Cl)(C(F)(F)F)C(=O)N3)c1=O. The fraction of sp³-hybridized carbons (Fsp3) is 0.312. The molecule has 1 amide bonds. The Morgan fingerprint density at radius 3 is 2.20 bits per heavy atom. The zero-order valence-corrected chi connectivity index (χ0v) is 15.3. The first kappa shape index (κ1) is 21.9. The Morgan fingerprint density at radius 1 is 1.07 bits per heavy atom. The number of amides is 1. The highest BCUT2D eigenvalue weighted by Crippen LogP contribution is 2.44. The van der Waals surface area contributed by atoms with Gasteiger partial charge in [-0.05, 0) is 17.7 Å². The number of benzene rings is 1. The van der Waals surface area contributed by atoms with Crippen molar-refractivity contribution in [2.75, 3.05) is 5.32 Å². The van der Waals surface area contributed by atoms with Gasteiger partial charge < -0.3 is 5.32 Å². The normalized spacial score (nSPS) is 19.4. The Kier molecular flexibility index (Phi) is 4.80. The fourth-order valence-electron chi connectivity index (χ4n) is 2.95. The van der Waals surface area contributed by atoms with Gasteiger partial charge in [-0.2, -0.15) is 26.3 Å². The van der Waals surface area contributed by atoms with Crippen LogP contribution in [0.25, 0.3) is 5.69 Å². The molecule has 1 aliphatic rings. The smallest absolute Gasteiger partial charge is 0.324 e. The molecular formula is C16H9ClF7N3O3. The van der Waals surface area contributed by atoms with Gasteiger partial charge in [-0.1, -0.05) is 11.6 Å². The van der Waals surface area contributed by atoms with Gasteiger partial charge in [0.25, 0.3) is 11.5 Å². The van der Waals surface area contributed by atoms with Gasteiger partial charge in [0.05, 0.1) is 5.69 Å². The predicted octanol–water partition coefficient (Wildman–Crippen LogP) is 2.73. The van der Waals surface area contributed by atoms with Gasteiger partial charge in [0.1, 0.15) is 11.5 Å². The fourth-order valence-corrected chi connectivity index (χ4v) is 3.14. The largest absolute Gasteiger partial charge is 0.431 e. The summed E-state index contributed by atoms with van der Waals surface area (Å²) in [5, 5.41) is 1.82. The van der Waals surface area contributed by atoms with Crippen LogP contribution in [-0.2, 0) is 24.4 Å². The summed E-state index contributed by atoms with van der Waals surface area (Å²) in [5.74, 6) is -3.06. The summed E-state index contributed by atoms with van der Waals surface area (Å²) < 4.78 is 92.9. The summed E-state index contributed by atoms with van der Waals surface area (Å²) >= 11 is 5.40. The zero-order valence-electron chi connectivity index (χ0n) is 14.6. The van der Waals surface area contributed by atoms with Crippen LogP contribution in [0.2, 0.25) is 0 Å². The lowest BCUT2D eigenvalue weighted by molar-refractivity contribution is -0.170. The van der Waals surface area contributed by atoms with E-state index in [1.54, 1.807) is 0 Å². The Morgan fingerprint density at radius 2 is 1.67 bits per heavy atom. The summed E-state index contributed by atoms with van der Waals surface area (Å²) in [4.78, 5) is 32.9. The second-order valence-electron chi connectivity index (χ2n) is 6.43. The number of carbonyl (C=O) groups is 1. The van der Waals surface area contributed by atoms with Gasteiger partial charge in [-0.25, -0.2) is 13.8 Å². The van der Waals surface area contributed by atoms with E-state index in [1.165, 1.54) is 0 Å². The molecule has 0 radical (unpaired) electrons. The molecule has 0 bridgehead atoms. The lowest BCUT2D eigenvalue weighted by atomic mass is 9.91. The second-order valence-corrected chi connectivity index (χ2v) is 7.08. The maximum atomic E-state index is 14.6. The molecule has 2 heterocycles. The van der Waals surface area contributed by atoms with Crippen molar-refractivity contribution < 1.29 is 35.5 Å². The highest BCUT2D eigenvalue weighted by Gasteiger charge is 2.61. The molecule has 1 aromatic heterocycles. The highest BCUT2D eigenvalue weighted by atomic mass is 35.5. The molecule has 6 nitrogen and oxygen atoms in total. The number of nitrogens with zero attached hydrogens (tertiary/aromatic N) is 2. The molecule has 1 aliphatic heterocycles. The number of fused-ring (bicyclic) bond motifs is 1. The molecule has 30 heavy (non-hydrogen) atoms. The van der Waals surface area contributed by atoms with E-state index in [-0.39, 0.29) is 26.5 Å². The molecule has 162 valence electrons. The van der Waals surface area contributed by atoms with Gasteiger partial charge in [0.2, 0.25) is 4.87 Å². The van der Waals surface area contributed by atoms with Crippen molar-refractivity contribution in [1.82, 2.24) is 9.13 Å². The molecule has 2 aromatic rings. The van der Waals surface area contributed by atoms with Gasteiger partial charge in [0, 0.05) is 25.2 Å². The minimum absolute atomic E-state index is 0.0588. The van der Waals surface area contributed by atoms with E-state index < -0.39 is 58.0 Å². The molecule has 1 aromatic carbocycles.